The molecule has 0 rings (SSSR count). The molecule has 0 aromatic carbocycles. The molecule has 1 amide bonds. The summed E-state index contributed by atoms with van der Waals surface area (Å²) >= 11 is 0. The van der Waals surface area contributed by atoms with Gasteiger partial charge in [-0.2, -0.15) is 0 Å². The van der Waals surface area contributed by atoms with Crippen LogP contribution in [0.25, 0.3) is 0 Å². The van der Waals surface area contributed by atoms with Crippen molar-refractivity contribution >= 4 is 11.9 Å². The van der Waals surface area contributed by atoms with Crippen molar-refractivity contribution in [2.75, 3.05) is 13.2 Å². The third kappa shape index (κ3) is 49.4. The van der Waals surface area contributed by atoms with Crippen molar-refractivity contribution in [2.24, 2.45) is 0 Å². The topological polar surface area (TPSA) is 95.9 Å². The molecule has 0 aliphatic rings. The summed E-state index contributed by atoms with van der Waals surface area (Å²) in [5.41, 5.74) is 0. The maximum absolute atomic E-state index is 12.4. The lowest BCUT2D eigenvalue weighted by Gasteiger charge is -2.20. The van der Waals surface area contributed by atoms with Crippen LogP contribution in [-0.2, 0) is 14.3 Å². The number of aliphatic hydroxyl groups is 2. The first-order chi connectivity index (χ1) is 31.0. The van der Waals surface area contributed by atoms with Gasteiger partial charge in [-0.1, -0.05) is 256 Å². The Labute approximate surface area is 392 Å². The number of ether oxygens (including phenoxy) is 1. The van der Waals surface area contributed by atoms with Crippen LogP contribution in [0.15, 0.2) is 36.5 Å². The molecule has 0 aromatic heterocycles. The van der Waals surface area contributed by atoms with Crippen molar-refractivity contribution in [3.05, 3.63) is 36.5 Å². The molecule has 2 atom stereocenters. The van der Waals surface area contributed by atoms with Gasteiger partial charge in [0.25, 0.3) is 0 Å². The summed E-state index contributed by atoms with van der Waals surface area (Å²) in [5.74, 6) is -0.0783. The summed E-state index contributed by atoms with van der Waals surface area (Å²) in [6.07, 6.45) is 64.4. The van der Waals surface area contributed by atoms with E-state index in [0.717, 1.165) is 51.4 Å². The zero-order valence-corrected chi connectivity index (χ0v) is 42.1. The highest BCUT2D eigenvalue weighted by atomic mass is 16.5. The predicted molar refractivity (Wildman–Crippen MR) is 273 cm³/mol. The first-order valence-electron chi connectivity index (χ1n) is 27.8. The van der Waals surface area contributed by atoms with Crippen LogP contribution < -0.4 is 5.32 Å². The number of hydrogen-bond acceptors (Lipinski definition) is 5. The molecule has 0 aliphatic heterocycles. The number of allylic oxidation sites excluding steroid dienone is 5. The Morgan fingerprint density at radius 3 is 1.25 bits per heavy atom. The Bertz CT molecular complexity index is 1020. The lowest BCUT2D eigenvalue weighted by atomic mass is 10.0. The zero-order chi connectivity index (χ0) is 45.8. The number of nitrogens with one attached hydrogen (secondary N) is 1. The molecule has 63 heavy (non-hydrogen) atoms. The molecular formula is C57H107NO5. The average Bonchev–Trinajstić information content (AvgIpc) is 3.28. The van der Waals surface area contributed by atoms with Gasteiger partial charge in [-0.3, -0.25) is 9.59 Å². The van der Waals surface area contributed by atoms with Crippen LogP contribution in [-0.4, -0.2) is 47.4 Å². The minimum atomic E-state index is -0.846. The highest BCUT2D eigenvalue weighted by Gasteiger charge is 2.18. The van der Waals surface area contributed by atoms with Gasteiger partial charge >= 0.3 is 5.97 Å². The lowest BCUT2D eigenvalue weighted by molar-refractivity contribution is -0.143. The van der Waals surface area contributed by atoms with E-state index < -0.39 is 12.1 Å². The quantitative estimate of drug-likeness (QED) is 0.0321. The maximum atomic E-state index is 12.4. The van der Waals surface area contributed by atoms with Crippen molar-refractivity contribution in [1.82, 2.24) is 5.32 Å². The van der Waals surface area contributed by atoms with Crippen LogP contribution in [0.3, 0.4) is 0 Å². The normalized spacial score (nSPS) is 12.9. The molecule has 6 nitrogen and oxygen atoms in total. The van der Waals surface area contributed by atoms with Gasteiger partial charge < -0.3 is 20.3 Å². The molecule has 0 aliphatic carbocycles. The standard InChI is InChI=1S/C57H107NO5/c1-3-5-7-9-11-13-15-17-27-31-35-39-43-47-51-57(62)63-52-48-44-40-36-32-28-24-22-20-18-19-21-23-26-30-34-38-42-46-50-56(61)58-54(53-59)55(60)49-45-41-37-33-29-25-16-14-12-10-8-6-4-2/h9,11,15,17,45,49,54-55,59-60H,3-8,10,12-14,16,18-44,46-48,50-53H2,1-2H3,(H,58,61)/b11-9-,17-15-,49-45+. The third-order valence-corrected chi connectivity index (χ3v) is 12.7. The minimum absolute atomic E-state index is 0.00675. The monoisotopic (exact) mass is 886 g/mol. The molecule has 0 bridgehead atoms. The summed E-state index contributed by atoms with van der Waals surface area (Å²) in [7, 11) is 0. The Balaban J connectivity index is 3.43. The molecule has 370 valence electrons. The van der Waals surface area contributed by atoms with Crippen LogP contribution >= 0.6 is 0 Å². The maximum Gasteiger partial charge on any atom is 0.305 e. The summed E-state index contributed by atoms with van der Waals surface area (Å²) in [6.45, 7) is 4.85. The van der Waals surface area contributed by atoms with Gasteiger partial charge in [-0.25, -0.2) is 0 Å². The molecule has 0 fully saturated rings. The van der Waals surface area contributed by atoms with Crippen LogP contribution in [0.2, 0.25) is 0 Å². The highest BCUT2D eigenvalue weighted by Crippen LogP contribution is 2.16. The van der Waals surface area contributed by atoms with Crippen molar-refractivity contribution in [2.45, 2.75) is 302 Å². The van der Waals surface area contributed by atoms with Crippen molar-refractivity contribution in [1.29, 1.82) is 0 Å². The van der Waals surface area contributed by atoms with Crippen molar-refractivity contribution in [3.63, 3.8) is 0 Å². The van der Waals surface area contributed by atoms with Crippen molar-refractivity contribution < 1.29 is 24.5 Å². The molecule has 0 radical (unpaired) electrons. The second kappa shape index (κ2) is 52.7. The smallest absolute Gasteiger partial charge is 0.305 e. The summed E-state index contributed by atoms with van der Waals surface area (Å²) in [6, 6.07) is -0.630. The molecule has 0 heterocycles. The molecule has 0 aromatic rings. The zero-order valence-electron chi connectivity index (χ0n) is 42.1. The molecular weight excluding hydrogens is 779 g/mol. The van der Waals surface area contributed by atoms with Gasteiger partial charge in [-0.05, 0) is 57.8 Å². The van der Waals surface area contributed by atoms with E-state index in [2.05, 4.69) is 43.5 Å². The highest BCUT2D eigenvalue weighted by molar-refractivity contribution is 5.76. The number of carbonyl (C=O) groups excluding carboxylic acids is 2. The van der Waals surface area contributed by atoms with Crippen molar-refractivity contribution in [3.8, 4) is 0 Å². The van der Waals surface area contributed by atoms with Crippen LogP contribution in [0.4, 0.5) is 0 Å². The summed E-state index contributed by atoms with van der Waals surface area (Å²) in [5, 5.41) is 23.0. The van der Waals surface area contributed by atoms with E-state index >= 15 is 0 Å². The summed E-state index contributed by atoms with van der Waals surface area (Å²) < 4.78 is 5.46. The molecule has 2 unspecified atom stereocenters. The molecule has 0 spiro atoms. The molecule has 0 saturated carbocycles. The van der Waals surface area contributed by atoms with E-state index in [-0.39, 0.29) is 18.5 Å². The van der Waals surface area contributed by atoms with Gasteiger partial charge in [0.15, 0.2) is 0 Å². The SMILES string of the molecule is CCCC/C=C\C/C=C\CCCCCCCC(=O)OCCCCCCCCCCCCCCCCCCCCCC(=O)NC(CO)C(O)/C=C/CCCCCCCCCCCCC. The van der Waals surface area contributed by atoms with Gasteiger partial charge in [0.05, 0.1) is 25.4 Å². The lowest BCUT2D eigenvalue weighted by Crippen LogP contribution is -2.45. The van der Waals surface area contributed by atoms with Gasteiger partial charge in [0, 0.05) is 12.8 Å². The molecule has 0 saturated heterocycles. The first kappa shape index (κ1) is 61.1. The number of carbonyl (C=O) groups is 2. The van der Waals surface area contributed by atoms with Crippen LogP contribution in [0.1, 0.15) is 290 Å². The van der Waals surface area contributed by atoms with E-state index in [9.17, 15) is 19.8 Å². The fraction of sp³-hybridized carbons (Fsp3) is 0.860. The summed E-state index contributed by atoms with van der Waals surface area (Å²) in [4.78, 5) is 24.4. The van der Waals surface area contributed by atoms with Gasteiger partial charge in [-0.15, -0.1) is 0 Å². The average molecular weight is 886 g/mol. The number of amides is 1. The number of esters is 1. The van der Waals surface area contributed by atoms with Gasteiger partial charge in [0.2, 0.25) is 5.91 Å². The number of rotatable bonds is 51. The molecule has 3 N–H and O–H groups in total. The first-order valence-corrected chi connectivity index (χ1v) is 27.8. The second-order valence-electron chi connectivity index (χ2n) is 18.9. The van der Waals surface area contributed by atoms with Crippen LogP contribution in [0, 0.1) is 0 Å². The Kier molecular flexibility index (Phi) is 51.1. The number of unbranched alkanes of at least 4 members (excludes halogenated alkanes) is 36. The fourth-order valence-corrected chi connectivity index (χ4v) is 8.36. The van der Waals surface area contributed by atoms with E-state index in [1.165, 1.54) is 212 Å². The van der Waals surface area contributed by atoms with E-state index in [1.807, 2.05) is 6.08 Å². The van der Waals surface area contributed by atoms with Crippen LogP contribution in [0.5, 0.6) is 0 Å². The largest absolute Gasteiger partial charge is 0.466 e. The third-order valence-electron chi connectivity index (χ3n) is 12.7. The predicted octanol–water partition coefficient (Wildman–Crippen LogP) is 16.9. The number of aliphatic hydroxyl groups excluding tert-OH is 2. The van der Waals surface area contributed by atoms with E-state index in [0.29, 0.717) is 19.4 Å². The second-order valence-corrected chi connectivity index (χ2v) is 18.9. The molecule has 6 heteroatoms. The Morgan fingerprint density at radius 2 is 0.810 bits per heavy atom. The minimum Gasteiger partial charge on any atom is -0.466 e. The number of hydrogen-bond donors (Lipinski definition) is 3. The Morgan fingerprint density at radius 1 is 0.444 bits per heavy atom. The fourth-order valence-electron chi connectivity index (χ4n) is 8.36. The van der Waals surface area contributed by atoms with Gasteiger partial charge in [0.1, 0.15) is 0 Å². The van der Waals surface area contributed by atoms with E-state index in [4.69, 9.17) is 4.74 Å². The van der Waals surface area contributed by atoms with E-state index in [1.54, 1.807) is 6.08 Å². The Hall–Kier alpha value is -1.92.